The lowest BCUT2D eigenvalue weighted by atomic mass is 9.96. The van der Waals surface area contributed by atoms with Gasteiger partial charge < -0.3 is 55.7 Å². The smallest absolute Gasteiger partial charge is 0.408 e. The molecule has 1 aromatic carbocycles. The van der Waals surface area contributed by atoms with Gasteiger partial charge in [-0.3, -0.25) is 24.0 Å². The predicted molar refractivity (Wildman–Crippen MR) is 222 cm³/mol. The van der Waals surface area contributed by atoms with E-state index in [-0.39, 0.29) is 121 Å². The second-order valence-corrected chi connectivity index (χ2v) is 14.9. The number of hydrogen-bond donors (Lipinski definition) is 5. The summed E-state index contributed by atoms with van der Waals surface area (Å²) in [5, 5.41) is 12.2. The molecule has 2 saturated heterocycles. The summed E-state index contributed by atoms with van der Waals surface area (Å²) in [5.74, 6) is -2.06. The van der Waals surface area contributed by atoms with Gasteiger partial charge in [-0.2, -0.15) is 0 Å². The first-order chi connectivity index (χ1) is 28.6. The molecule has 1 aliphatic carbocycles. The van der Waals surface area contributed by atoms with Gasteiger partial charge in [0.05, 0.1) is 19.6 Å². The molecule has 0 spiro atoms. The predicted octanol–water partition coefficient (Wildman–Crippen LogP) is 1.17. The van der Waals surface area contributed by atoms with Crippen molar-refractivity contribution in [2.24, 2.45) is 0 Å². The van der Waals surface area contributed by atoms with Crippen LogP contribution >= 0.6 is 0 Å². The number of allylic oxidation sites excluding steroid dienone is 3. The summed E-state index contributed by atoms with van der Waals surface area (Å²) in [6.07, 6.45) is 2.53. The van der Waals surface area contributed by atoms with Gasteiger partial charge in [0.25, 0.3) is 0 Å². The van der Waals surface area contributed by atoms with Crippen LogP contribution in [0.4, 0.5) is 14.4 Å². The first-order valence-electron chi connectivity index (χ1n) is 20.3. The SMILES string of the molecule is C/C=C\C1=C(C)c2ccccc2C1COC(=O)NCC(=O)N1CCN(C(=O)CNC(=O)NCC(=O)N2CCN(C(=O)CNC(=O)CNC(=O)OC(C)(C)C)CC2)CC1.CC. The van der Waals surface area contributed by atoms with E-state index in [2.05, 4.69) is 26.6 Å². The topological polar surface area (TPSA) is 228 Å². The van der Waals surface area contributed by atoms with E-state index in [0.717, 1.165) is 22.3 Å². The number of benzene rings is 1. The molecule has 2 heterocycles. The molecule has 1 aromatic rings. The van der Waals surface area contributed by atoms with Crippen molar-refractivity contribution in [3.63, 3.8) is 0 Å². The van der Waals surface area contributed by atoms with Gasteiger partial charge in [0.1, 0.15) is 25.3 Å². The fraction of sp³-hybridized carbons (Fsp3) is 0.561. The number of carbonyl (C=O) groups excluding carboxylic acids is 8. The van der Waals surface area contributed by atoms with Crippen molar-refractivity contribution >= 4 is 53.3 Å². The third-order valence-corrected chi connectivity index (χ3v) is 9.66. The van der Waals surface area contributed by atoms with Crippen molar-refractivity contribution < 1.29 is 47.8 Å². The van der Waals surface area contributed by atoms with Gasteiger partial charge >= 0.3 is 18.2 Å². The maximum absolute atomic E-state index is 12.8. The molecular formula is C41H61N9O10. The second kappa shape index (κ2) is 23.5. The molecule has 0 bridgehead atoms. The molecule has 1 unspecified atom stereocenters. The first kappa shape index (κ1) is 48.2. The van der Waals surface area contributed by atoms with Crippen LogP contribution in [0.25, 0.3) is 5.57 Å². The Labute approximate surface area is 351 Å². The van der Waals surface area contributed by atoms with Gasteiger partial charge in [-0.25, -0.2) is 14.4 Å². The molecule has 1 atom stereocenters. The molecule has 5 N–H and O–H groups in total. The number of urea groups is 1. The summed E-state index contributed by atoms with van der Waals surface area (Å²) in [5.41, 5.74) is 3.72. The van der Waals surface area contributed by atoms with Gasteiger partial charge in [-0.1, -0.05) is 50.3 Å². The lowest BCUT2D eigenvalue weighted by Crippen LogP contribution is -2.55. The summed E-state index contributed by atoms with van der Waals surface area (Å²) >= 11 is 0. The molecule has 2 aliphatic heterocycles. The van der Waals surface area contributed by atoms with E-state index in [1.807, 2.05) is 64.1 Å². The summed E-state index contributed by atoms with van der Waals surface area (Å²) in [4.78, 5) is 105. The average molecular weight is 840 g/mol. The van der Waals surface area contributed by atoms with E-state index in [4.69, 9.17) is 9.47 Å². The number of fused-ring (bicyclic) bond motifs is 1. The van der Waals surface area contributed by atoms with Crippen LogP contribution in [-0.2, 0) is 33.4 Å². The van der Waals surface area contributed by atoms with Crippen molar-refractivity contribution in [1.82, 2.24) is 46.2 Å². The van der Waals surface area contributed by atoms with E-state index >= 15 is 0 Å². The molecule has 4 rings (SSSR count). The van der Waals surface area contributed by atoms with Crippen molar-refractivity contribution in [1.29, 1.82) is 0 Å². The molecule has 19 nitrogen and oxygen atoms in total. The van der Waals surface area contributed by atoms with Gasteiger partial charge in [0.15, 0.2) is 0 Å². The van der Waals surface area contributed by atoms with E-state index in [1.165, 1.54) is 14.7 Å². The number of amides is 9. The Kier molecular flexibility index (Phi) is 18.9. The Bertz CT molecular complexity index is 1780. The fourth-order valence-electron chi connectivity index (χ4n) is 6.62. The Balaban J connectivity index is 0.00000473. The highest BCUT2D eigenvalue weighted by molar-refractivity contribution is 5.89. The van der Waals surface area contributed by atoms with Gasteiger partial charge in [-0.15, -0.1) is 0 Å². The van der Waals surface area contributed by atoms with E-state index < -0.39 is 29.7 Å². The normalized spacial score (nSPS) is 16.2. The largest absolute Gasteiger partial charge is 0.449 e. The lowest BCUT2D eigenvalue weighted by Gasteiger charge is -2.35. The number of ether oxygens (including phenoxy) is 2. The van der Waals surface area contributed by atoms with Crippen LogP contribution in [0.2, 0.25) is 0 Å². The van der Waals surface area contributed by atoms with Crippen LogP contribution < -0.4 is 26.6 Å². The zero-order valence-corrected chi connectivity index (χ0v) is 35.8. The summed E-state index contributed by atoms with van der Waals surface area (Å²) in [6, 6.07) is 7.29. The molecule has 9 amide bonds. The minimum atomic E-state index is -0.752. The minimum Gasteiger partial charge on any atom is -0.449 e. The Morgan fingerprint density at radius 2 is 1.08 bits per heavy atom. The number of nitrogens with zero attached hydrogens (tertiary/aromatic N) is 4. The van der Waals surface area contributed by atoms with Gasteiger partial charge in [0, 0.05) is 58.3 Å². The number of carbonyl (C=O) groups is 8. The number of piperazine rings is 2. The molecule has 2 fully saturated rings. The highest BCUT2D eigenvalue weighted by Gasteiger charge is 2.30. The quantitative estimate of drug-likeness (QED) is 0.191. The Morgan fingerprint density at radius 1 is 0.650 bits per heavy atom. The summed E-state index contributed by atoms with van der Waals surface area (Å²) in [6.45, 7) is 13.5. The zero-order chi connectivity index (χ0) is 44.4. The third kappa shape index (κ3) is 14.9. The van der Waals surface area contributed by atoms with Crippen LogP contribution in [0.5, 0.6) is 0 Å². The van der Waals surface area contributed by atoms with Gasteiger partial charge in [0.2, 0.25) is 29.5 Å². The van der Waals surface area contributed by atoms with Gasteiger partial charge in [-0.05, 0) is 56.9 Å². The maximum atomic E-state index is 12.8. The standard InChI is InChI=1S/C39H55N9O10.C2H6/c1-6-9-27-26(2)28-10-7-8-11-29(28)30(27)25-57-37(55)44-24-35(53)48-18-16-47(17-19-48)34(52)23-42-36(54)41-22-33(51)46-14-12-45(13-15-46)32(50)21-40-31(49)20-43-38(56)58-39(3,4)5;1-2/h6-11,30H,12-25H2,1-5H3,(H,40,49)(H,43,56)(H,44,55)(H2,41,42,54);1-2H3/b9-6-;. The molecule has 0 saturated carbocycles. The molecule has 0 radical (unpaired) electrons. The van der Waals surface area contributed by atoms with E-state index in [1.54, 1.807) is 25.7 Å². The van der Waals surface area contributed by atoms with Crippen molar-refractivity contribution in [3.8, 4) is 0 Å². The first-order valence-corrected chi connectivity index (χ1v) is 20.3. The van der Waals surface area contributed by atoms with Crippen LogP contribution in [0.15, 0.2) is 42.0 Å². The second-order valence-electron chi connectivity index (χ2n) is 14.9. The van der Waals surface area contributed by atoms with Crippen molar-refractivity contribution in [3.05, 3.63) is 53.1 Å². The number of hydrogen-bond acceptors (Lipinski definition) is 10. The van der Waals surface area contributed by atoms with E-state index in [0.29, 0.717) is 0 Å². The molecule has 3 aliphatic rings. The summed E-state index contributed by atoms with van der Waals surface area (Å²) < 4.78 is 10.6. The Morgan fingerprint density at radius 3 is 1.55 bits per heavy atom. The zero-order valence-electron chi connectivity index (χ0n) is 35.8. The van der Waals surface area contributed by atoms with Crippen LogP contribution in [-0.4, -0.2) is 165 Å². The highest BCUT2D eigenvalue weighted by atomic mass is 16.6. The van der Waals surface area contributed by atoms with E-state index in [9.17, 15) is 38.4 Å². The minimum absolute atomic E-state index is 0.102. The van der Waals surface area contributed by atoms with Crippen molar-refractivity contribution in [2.75, 3.05) is 91.7 Å². The maximum Gasteiger partial charge on any atom is 0.408 e. The Hall–Kier alpha value is -6.14. The molecule has 60 heavy (non-hydrogen) atoms. The molecular weight excluding hydrogens is 779 g/mol. The molecule has 330 valence electrons. The molecule has 0 aromatic heterocycles. The number of nitrogens with one attached hydrogen (secondary N) is 5. The monoisotopic (exact) mass is 839 g/mol. The number of rotatable bonds is 13. The highest BCUT2D eigenvalue weighted by Crippen LogP contribution is 2.42. The third-order valence-electron chi connectivity index (χ3n) is 9.66. The van der Waals surface area contributed by atoms with Crippen molar-refractivity contribution in [2.45, 2.75) is 60.0 Å². The lowest BCUT2D eigenvalue weighted by molar-refractivity contribution is -0.139. The number of alkyl carbamates (subject to hydrolysis) is 2. The fourth-order valence-corrected chi connectivity index (χ4v) is 6.62. The van der Waals surface area contributed by atoms with Crippen LogP contribution in [0.3, 0.4) is 0 Å². The summed E-state index contributed by atoms with van der Waals surface area (Å²) in [7, 11) is 0. The van der Waals surface area contributed by atoms with Crippen LogP contribution in [0, 0.1) is 0 Å². The average Bonchev–Trinajstić information content (AvgIpc) is 3.51. The molecule has 19 heteroatoms. The van der Waals surface area contributed by atoms with Crippen LogP contribution in [0.1, 0.15) is 65.5 Å².